The van der Waals surface area contributed by atoms with E-state index in [4.69, 9.17) is 5.84 Å². The number of amides is 1. The van der Waals surface area contributed by atoms with Gasteiger partial charge in [-0.15, -0.1) is 0 Å². The van der Waals surface area contributed by atoms with Crippen LogP contribution in [0.2, 0.25) is 0 Å². The maximum absolute atomic E-state index is 12.4. The minimum Gasteiger partial charge on any atom is -0.339 e. The minimum absolute atomic E-state index is 0.0230. The van der Waals surface area contributed by atoms with Crippen molar-refractivity contribution in [3.8, 4) is 0 Å². The lowest BCUT2D eigenvalue weighted by Crippen LogP contribution is -2.34. The van der Waals surface area contributed by atoms with Gasteiger partial charge in [-0.1, -0.05) is 12.1 Å². The fraction of sp³-hybridized carbons (Fsp3) is 0.500. The zero-order chi connectivity index (χ0) is 14.3. The van der Waals surface area contributed by atoms with E-state index in [-0.39, 0.29) is 5.91 Å². The van der Waals surface area contributed by atoms with Gasteiger partial charge in [0.05, 0.1) is 11.3 Å². The Morgan fingerprint density at radius 2 is 1.95 bits per heavy atom. The van der Waals surface area contributed by atoms with Crippen molar-refractivity contribution < 1.29 is 4.79 Å². The molecular weight excluding hydrogens is 240 g/mol. The van der Waals surface area contributed by atoms with E-state index in [1.165, 1.54) is 0 Å². The number of hydrogen-bond acceptors (Lipinski definition) is 4. The molecule has 0 aromatic heterocycles. The van der Waals surface area contributed by atoms with Crippen LogP contribution in [0.4, 0.5) is 5.69 Å². The van der Waals surface area contributed by atoms with Gasteiger partial charge in [-0.05, 0) is 46.1 Å². The molecule has 0 aliphatic heterocycles. The van der Waals surface area contributed by atoms with Crippen LogP contribution in [-0.2, 0) is 0 Å². The van der Waals surface area contributed by atoms with Gasteiger partial charge in [-0.3, -0.25) is 10.6 Å². The van der Waals surface area contributed by atoms with Crippen LogP contribution in [0.3, 0.4) is 0 Å². The van der Waals surface area contributed by atoms with Crippen molar-refractivity contribution in [1.29, 1.82) is 0 Å². The number of carbonyl (C=O) groups is 1. The molecule has 0 unspecified atom stereocenters. The van der Waals surface area contributed by atoms with Crippen molar-refractivity contribution in [2.24, 2.45) is 5.84 Å². The summed E-state index contributed by atoms with van der Waals surface area (Å²) in [7, 11) is 4.07. The molecule has 5 nitrogen and oxygen atoms in total. The third kappa shape index (κ3) is 4.54. The maximum Gasteiger partial charge on any atom is 0.255 e. The van der Waals surface area contributed by atoms with Crippen molar-refractivity contribution in [2.75, 3.05) is 39.2 Å². The lowest BCUT2D eigenvalue weighted by atomic mass is 10.1. The summed E-state index contributed by atoms with van der Waals surface area (Å²) in [6.07, 6.45) is 0.963. The molecule has 0 aliphatic rings. The van der Waals surface area contributed by atoms with Crippen molar-refractivity contribution in [3.63, 3.8) is 0 Å². The molecule has 0 saturated carbocycles. The Hall–Kier alpha value is -1.59. The molecule has 106 valence electrons. The summed E-state index contributed by atoms with van der Waals surface area (Å²) in [5.74, 6) is 5.47. The molecule has 0 saturated heterocycles. The lowest BCUT2D eigenvalue weighted by molar-refractivity contribution is 0.0760. The van der Waals surface area contributed by atoms with Gasteiger partial charge in [-0.2, -0.15) is 0 Å². The smallest absolute Gasteiger partial charge is 0.255 e. The number of nitrogens with one attached hydrogen (secondary N) is 1. The Morgan fingerprint density at radius 3 is 2.53 bits per heavy atom. The molecule has 1 rings (SSSR count). The molecule has 0 aliphatic carbocycles. The maximum atomic E-state index is 12.4. The van der Waals surface area contributed by atoms with E-state index in [1.54, 1.807) is 12.1 Å². The van der Waals surface area contributed by atoms with E-state index in [2.05, 4.69) is 10.3 Å². The molecule has 1 aromatic rings. The second kappa shape index (κ2) is 7.76. The zero-order valence-corrected chi connectivity index (χ0v) is 12.0. The number of hydrogen-bond donors (Lipinski definition) is 2. The number of rotatable bonds is 7. The fourth-order valence-corrected chi connectivity index (χ4v) is 1.95. The van der Waals surface area contributed by atoms with E-state index >= 15 is 0 Å². The van der Waals surface area contributed by atoms with Crippen molar-refractivity contribution in [2.45, 2.75) is 13.3 Å². The SMILES string of the molecule is CCN(CCCN(C)C)C(=O)c1ccccc1NN. The average Bonchev–Trinajstić information content (AvgIpc) is 2.42. The van der Waals surface area contributed by atoms with Crippen LogP contribution < -0.4 is 11.3 Å². The summed E-state index contributed by atoms with van der Waals surface area (Å²) >= 11 is 0. The number of benzene rings is 1. The number of para-hydroxylation sites is 1. The number of carbonyl (C=O) groups excluding carboxylic acids is 1. The van der Waals surface area contributed by atoms with Crippen molar-refractivity contribution in [3.05, 3.63) is 29.8 Å². The third-order valence-corrected chi connectivity index (χ3v) is 3.02. The molecule has 0 fully saturated rings. The first-order chi connectivity index (χ1) is 9.10. The van der Waals surface area contributed by atoms with E-state index in [0.29, 0.717) is 17.8 Å². The molecule has 3 N–H and O–H groups in total. The van der Waals surface area contributed by atoms with Crippen LogP contribution in [0.5, 0.6) is 0 Å². The molecule has 19 heavy (non-hydrogen) atoms. The molecule has 0 heterocycles. The zero-order valence-electron chi connectivity index (χ0n) is 12.0. The Balaban J connectivity index is 2.72. The molecule has 1 aromatic carbocycles. The fourth-order valence-electron chi connectivity index (χ4n) is 1.95. The van der Waals surface area contributed by atoms with E-state index in [0.717, 1.165) is 19.5 Å². The Bertz CT molecular complexity index is 406. The average molecular weight is 264 g/mol. The van der Waals surface area contributed by atoms with Crippen molar-refractivity contribution >= 4 is 11.6 Å². The predicted molar refractivity (Wildman–Crippen MR) is 79.0 cm³/mol. The summed E-state index contributed by atoms with van der Waals surface area (Å²) < 4.78 is 0. The first-order valence-electron chi connectivity index (χ1n) is 6.59. The van der Waals surface area contributed by atoms with Crippen LogP contribution in [0.1, 0.15) is 23.7 Å². The summed E-state index contributed by atoms with van der Waals surface area (Å²) in [4.78, 5) is 16.4. The quantitative estimate of drug-likeness (QED) is 0.577. The van der Waals surface area contributed by atoms with Crippen LogP contribution in [0, 0.1) is 0 Å². The highest BCUT2D eigenvalue weighted by atomic mass is 16.2. The van der Waals surface area contributed by atoms with Gasteiger partial charge < -0.3 is 15.2 Å². The van der Waals surface area contributed by atoms with Gasteiger partial charge in [-0.25, -0.2) is 0 Å². The van der Waals surface area contributed by atoms with Crippen LogP contribution in [0.15, 0.2) is 24.3 Å². The third-order valence-electron chi connectivity index (χ3n) is 3.02. The number of anilines is 1. The molecule has 0 atom stereocenters. The molecule has 0 radical (unpaired) electrons. The summed E-state index contributed by atoms with van der Waals surface area (Å²) in [5, 5.41) is 0. The van der Waals surface area contributed by atoms with Gasteiger partial charge in [0.2, 0.25) is 0 Å². The van der Waals surface area contributed by atoms with E-state index in [1.807, 2.05) is 38.1 Å². The van der Waals surface area contributed by atoms with Crippen LogP contribution in [-0.4, -0.2) is 49.4 Å². The predicted octanol–water partition coefficient (Wildman–Crippen LogP) is 1.39. The number of nitrogens with two attached hydrogens (primary N) is 1. The lowest BCUT2D eigenvalue weighted by Gasteiger charge is -2.23. The van der Waals surface area contributed by atoms with Gasteiger partial charge in [0.25, 0.3) is 5.91 Å². The second-order valence-corrected chi connectivity index (χ2v) is 4.73. The molecule has 1 amide bonds. The molecular formula is C14H24N4O. The standard InChI is InChI=1S/C14H24N4O/c1-4-18(11-7-10-17(2)3)14(19)12-8-5-6-9-13(12)16-15/h5-6,8-9,16H,4,7,10-11,15H2,1-3H3. The molecule has 0 bridgehead atoms. The highest BCUT2D eigenvalue weighted by Gasteiger charge is 2.16. The Kier molecular flexibility index (Phi) is 6.32. The largest absolute Gasteiger partial charge is 0.339 e. The molecule has 0 spiro atoms. The first-order valence-corrected chi connectivity index (χ1v) is 6.59. The van der Waals surface area contributed by atoms with Crippen LogP contribution >= 0.6 is 0 Å². The summed E-state index contributed by atoms with van der Waals surface area (Å²) in [5.41, 5.74) is 3.86. The van der Waals surface area contributed by atoms with E-state index in [9.17, 15) is 4.79 Å². The van der Waals surface area contributed by atoms with Gasteiger partial charge in [0, 0.05) is 13.1 Å². The topological polar surface area (TPSA) is 61.6 Å². The van der Waals surface area contributed by atoms with E-state index < -0.39 is 0 Å². The Morgan fingerprint density at radius 1 is 1.26 bits per heavy atom. The normalized spacial score (nSPS) is 10.6. The summed E-state index contributed by atoms with van der Waals surface area (Å²) in [6, 6.07) is 7.31. The second-order valence-electron chi connectivity index (χ2n) is 4.73. The first kappa shape index (κ1) is 15.5. The minimum atomic E-state index is 0.0230. The van der Waals surface area contributed by atoms with Crippen molar-refractivity contribution in [1.82, 2.24) is 9.80 Å². The molecule has 5 heteroatoms. The highest BCUT2D eigenvalue weighted by molar-refractivity contribution is 5.99. The van der Waals surface area contributed by atoms with Gasteiger partial charge in [0.1, 0.15) is 0 Å². The number of nitrogens with zero attached hydrogens (tertiary/aromatic N) is 2. The number of nitrogen functional groups attached to an aromatic ring is 1. The monoisotopic (exact) mass is 264 g/mol. The Labute approximate surface area is 115 Å². The van der Waals surface area contributed by atoms with Crippen LogP contribution in [0.25, 0.3) is 0 Å². The summed E-state index contributed by atoms with van der Waals surface area (Å²) in [6.45, 7) is 4.42. The number of hydrazine groups is 1. The van der Waals surface area contributed by atoms with Gasteiger partial charge in [0.15, 0.2) is 0 Å². The highest BCUT2D eigenvalue weighted by Crippen LogP contribution is 2.16. The van der Waals surface area contributed by atoms with Gasteiger partial charge >= 0.3 is 0 Å².